The van der Waals surface area contributed by atoms with Crippen molar-refractivity contribution in [1.82, 2.24) is 5.32 Å². The topological polar surface area (TPSA) is 29.1 Å². The maximum absolute atomic E-state index is 11.7. The van der Waals surface area contributed by atoms with Gasteiger partial charge in [-0.25, -0.2) is 0 Å². The Morgan fingerprint density at radius 2 is 2.13 bits per heavy atom. The van der Waals surface area contributed by atoms with Gasteiger partial charge in [-0.1, -0.05) is 37.6 Å². The van der Waals surface area contributed by atoms with Gasteiger partial charge in [-0.15, -0.1) is 0 Å². The minimum absolute atomic E-state index is 0.0996. The van der Waals surface area contributed by atoms with Crippen molar-refractivity contribution in [2.75, 3.05) is 6.54 Å². The van der Waals surface area contributed by atoms with Crippen LogP contribution in [0.1, 0.15) is 29.8 Å². The van der Waals surface area contributed by atoms with Gasteiger partial charge in [-0.2, -0.15) is 0 Å². The van der Waals surface area contributed by atoms with Gasteiger partial charge in [0.2, 0.25) is 0 Å². The third-order valence-electron chi connectivity index (χ3n) is 2.11. The first-order valence-corrected chi connectivity index (χ1v) is 5.43. The van der Waals surface area contributed by atoms with Crippen molar-refractivity contribution in [3.8, 4) is 0 Å². The lowest BCUT2D eigenvalue weighted by molar-refractivity contribution is 0.0949. The smallest absolute Gasteiger partial charge is 0.252 e. The minimum Gasteiger partial charge on any atom is -0.352 e. The number of rotatable bonds is 3. The van der Waals surface area contributed by atoms with Gasteiger partial charge in [0.05, 0.1) is 10.6 Å². The van der Waals surface area contributed by atoms with Crippen LogP contribution in [0.25, 0.3) is 0 Å². The van der Waals surface area contributed by atoms with Crippen molar-refractivity contribution in [2.45, 2.75) is 20.8 Å². The fraction of sp³-hybridized carbons (Fsp3) is 0.417. The summed E-state index contributed by atoms with van der Waals surface area (Å²) < 4.78 is 0. The van der Waals surface area contributed by atoms with Gasteiger partial charge in [0.25, 0.3) is 5.91 Å². The third-order valence-corrected chi connectivity index (χ3v) is 2.61. The van der Waals surface area contributed by atoms with Crippen molar-refractivity contribution < 1.29 is 4.79 Å². The van der Waals surface area contributed by atoms with E-state index in [0.29, 0.717) is 23.0 Å². The number of aryl methyl sites for hydroxylation is 1. The summed E-state index contributed by atoms with van der Waals surface area (Å²) in [6, 6.07) is 5.47. The number of amides is 1. The summed E-state index contributed by atoms with van der Waals surface area (Å²) in [5.74, 6) is 0.343. The second kappa shape index (κ2) is 5.17. The molecule has 2 nitrogen and oxygen atoms in total. The van der Waals surface area contributed by atoms with Crippen molar-refractivity contribution in [2.24, 2.45) is 5.92 Å². The normalized spacial score (nSPS) is 10.5. The van der Waals surface area contributed by atoms with E-state index in [9.17, 15) is 4.79 Å². The van der Waals surface area contributed by atoms with Gasteiger partial charge < -0.3 is 5.32 Å². The molecule has 3 heteroatoms. The van der Waals surface area contributed by atoms with Crippen LogP contribution in [0.15, 0.2) is 18.2 Å². The lowest BCUT2D eigenvalue weighted by Gasteiger charge is -2.09. The Morgan fingerprint density at radius 3 is 2.73 bits per heavy atom. The van der Waals surface area contributed by atoms with Gasteiger partial charge in [0.1, 0.15) is 0 Å². The lowest BCUT2D eigenvalue weighted by atomic mass is 10.1. The van der Waals surface area contributed by atoms with Gasteiger partial charge in [-0.3, -0.25) is 4.79 Å². The Morgan fingerprint density at radius 1 is 1.47 bits per heavy atom. The van der Waals surface area contributed by atoms with Crippen LogP contribution in [0, 0.1) is 12.8 Å². The first-order valence-electron chi connectivity index (χ1n) is 5.05. The van der Waals surface area contributed by atoms with E-state index in [1.807, 2.05) is 19.1 Å². The number of hydrogen-bond acceptors (Lipinski definition) is 1. The molecule has 0 aliphatic rings. The van der Waals surface area contributed by atoms with E-state index in [1.54, 1.807) is 6.07 Å². The Balaban J connectivity index is 2.78. The molecular weight excluding hydrogens is 210 g/mol. The fourth-order valence-electron chi connectivity index (χ4n) is 1.21. The monoisotopic (exact) mass is 225 g/mol. The third kappa shape index (κ3) is 3.24. The van der Waals surface area contributed by atoms with E-state index in [1.165, 1.54) is 0 Å². The van der Waals surface area contributed by atoms with Gasteiger partial charge in [0, 0.05) is 6.54 Å². The van der Waals surface area contributed by atoms with Crippen molar-refractivity contribution in [1.29, 1.82) is 0 Å². The Kier molecular flexibility index (Phi) is 4.15. The van der Waals surface area contributed by atoms with Crippen LogP contribution in [0.5, 0.6) is 0 Å². The molecule has 0 saturated carbocycles. The summed E-state index contributed by atoms with van der Waals surface area (Å²) in [7, 11) is 0. The molecule has 1 N–H and O–H groups in total. The Hall–Kier alpha value is -1.02. The largest absolute Gasteiger partial charge is 0.352 e. The highest BCUT2D eigenvalue weighted by Gasteiger charge is 2.11. The average molecular weight is 226 g/mol. The molecule has 1 amide bonds. The zero-order chi connectivity index (χ0) is 11.4. The Labute approximate surface area is 95.6 Å². The number of halogens is 1. The number of carbonyl (C=O) groups excluding carboxylic acids is 1. The molecular formula is C12H16ClNO. The maximum atomic E-state index is 11.7. The van der Waals surface area contributed by atoms with Crippen LogP contribution in [0.4, 0.5) is 0 Å². The second-order valence-electron chi connectivity index (χ2n) is 4.04. The lowest BCUT2D eigenvalue weighted by Crippen LogP contribution is -2.27. The van der Waals surface area contributed by atoms with Gasteiger partial charge in [0.15, 0.2) is 0 Å². The van der Waals surface area contributed by atoms with E-state index in [0.717, 1.165) is 5.56 Å². The molecule has 0 fully saturated rings. The van der Waals surface area contributed by atoms with E-state index in [2.05, 4.69) is 19.2 Å². The SMILES string of the molecule is Cc1cccc(C(=O)NCC(C)C)c1Cl. The highest BCUT2D eigenvalue weighted by molar-refractivity contribution is 6.34. The van der Waals surface area contributed by atoms with Gasteiger partial charge in [-0.05, 0) is 24.5 Å². The summed E-state index contributed by atoms with van der Waals surface area (Å²) in [6.07, 6.45) is 0. The van der Waals surface area contributed by atoms with Crippen LogP contribution in [-0.4, -0.2) is 12.5 Å². The van der Waals surface area contributed by atoms with Crippen LogP contribution < -0.4 is 5.32 Å². The molecule has 0 spiro atoms. The van der Waals surface area contributed by atoms with Crippen LogP contribution in [0.3, 0.4) is 0 Å². The molecule has 0 atom stereocenters. The molecule has 1 aromatic carbocycles. The summed E-state index contributed by atoms with van der Waals surface area (Å²) in [5, 5.41) is 3.38. The van der Waals surface area contributed by atoms with Crippen LogP contribution in [-0.2, 0) is 0 Å². The molecule has 0 aliphatic heterocycles. The van der Waals surface area contributed by atoms with Crippen LogP contribution >= 0.6 is 11.6 Å². The number of benzene rings is 1. The number of carbonyl (C=O) groups is 1. The number of nitrogens with one attached hydrogen (secondary N) is 1. The van der Waals surface area contributed by atoms with Crippen molar-refractivity contribution in [3.63, 3.8) is 0 Å². The predicted molar refractivity (Wildman–Crippen MR) is 63.4 cm³/mol. The molecule has 0 heterocycles. The molecule has 0 unspecified atom stereocenters. The van der Waals surface area contributed by atoms with Gasteiger partial charge >= 0.3 is 0 Å². The highest BCUT2D eigenvalue weighted by Crippen LogP contribution is 2.19. The first kappa shape index (κ1) is 12.1. The molecule has 0 radical (unpaired) electrons. The molecule has 1 aromatic rings. The maximum Gasteiger partial charge on any atom is 0.252 e. The fourth-order valence-corrected chi connectivity index (χ4v) is 1.43. The molecule has 0 aliphatic carbocycles. The summed E-state index contributed by atoms with van der Waals surface area (Å²) in [6.45, 7) is 6.67. The first-order chi connectivity index (χ1) is 7.02. The summed E-state index contributed by atoms with van der Waals surface area (Å²) >= 11 is 6.04. The van der Waals surface area contributed by atoms with E-state index >= 15 is 0 Å². The summed E-state index contributed by atoms with van der Waals surface area (Å²) in [5.41, 5.74) is 1.48. The minimum atomic E-state index is -0.0996. The summed E-state index contributed by atoms with van der Waals surface area (Å²) in [4.78, 5) is 11.7. The van der Waals surface area contributed by atoms with Crippen molar-refractivity contribution in [3.05, 3.63) is 34.3 Å². The quantitative estimate of drug-likeness (QED) is 0.842. The molecule has 1 rings (SSSR count). The number of hydrogen-bond donors (Lipinski definition) is 1. The highest BCUT2D eigenvalue weighted by atomic mass is 35.5. The van der Waals surface area contributed by atoms with E-state index in [4.69, 9.17) is 11.6 Å². The standard InChI is InChI=1S/C12H16ClNO/c1-8(2)7-14-12(15)10-6-4-5-9(3)11(10)13/h4-6,8H,7H2,1-3H3,(H,14,15). The molecule has 82 valence electrons. The van der Waals surface area contributed by atoms with Crippen molar-refractivity contribution >= 4 is 17.5 Å². The molecule has 0 bridgehead atoms. The zero-order valence-electron chi connectivity index (χ0n) is 9.30. The van der Waals surface area contributed by atoms with Crippen LogP contribution in [0.2, 0.25) is 5.02 Å². The molecule has 0 saturated heterocycles. The zero-order valence-corrected chi connectivity index (χ0v) is 10.1. The predicted octanol–water partition coefficient (Wildman–Crippen LogP) is 3.03. The Bertz CT molecular complexity index is 361. The second-order valence-corrected chi connectivity index (χ2v) is 4.42. The molecule has 0 aromatic heterocycles. The van der Waals surface area contributed by atoms with E-state index in [-0.39, 0.29) is 5.91 Å². The molecule has 15 heavy (non-hydrogen) atoms. The van der Waals surface area contributed by atoms with E-state index < -0.39 is 0 Å². The average Bonchev–Trinajstić information content (AvgIpc) is 2.18.